The van der Waals surface area contributed by atoms with Crippen LogP contribution in [0.2, 0.25) is 0 Å². The van der Waals surface area contributed by atoms with Gasteiger partial charge in [-0.2, -0.15) is 0 Å². The van der Waals surface area contributed by atoms with Crippen molar-refractivity contribution < 1.29 is 4.74 Å². The van der Waals surface area contributed by atoms with E-state index in [0.717, 1.165) is 16.8 Å². The first-order chi connectivity index (χ1) is 9.81. The number of ether oxygens (including phenoxy) is 1. The molecule has 1 saturated carbocycles. The first-order valence-electron chi connectivity index (χ1n) is 7.70. The second-order valence-electron chi connectivity index (χ2n) is 5.54. The Morgan fingerprint density at radius 2 is 2.00 bits per heavy atom. The third-order valence-electron chi connectivity index (χ3n) is 4.20. The summed E-state index contributed by atoms with van der Waals surface area (Å²) in [5.74, 6) is 1.46. The van der Waals surface area contributed by atoms with E-state index in [1.165, 1.54) is 38.5 Å². The lowest BCUT2D eigenvalue weighted by molar-refractivity contribution is 0.343. The van der Waals surface area contributed by atoms with Gasteiger partial charge < -0.3 is 15.0 Å². The number of nitrogen functional groups attached to an aromatic ring is 1. The molecule has 0 aliphatic heterocycles. The van der Waals surface area contributed by atoms with Crippen LogP contribution in [0.3, 0.4) is 0 Å². The number of fused-ring (bicyclic) bond motifs is 1. The van der Waals surface area contributed by atoms with Crippen LogP contribution in [0.25, 0.3) is 11.0 Å². The number of hydrogen-bond acceptors (Lipinski definition) is 3. The van der Waals surface area contributed by atoms with E-state index in [9.17, 15) is 0 Å². The predicted molar refractivity (Wildman–Crippen MR) is 82.1 cm³/mol. The van der Waals surface area contributed by atoms with Crippen molar-refractivity contribution in [1.82, 2.24) is 9.55 Å². The Morgan fingerprint density at radius 1 is 1.25 bits per heavy atom. The fourth-order valence-corrected chi connectivity index (χ4v) is 3.28. The number of hydrogen-bond donors (Lipinski definition) is 1. The van der Waals surface area contributed by atoms with Crippen LogP contribution in [0.15, 0.2) is 18.2 Å². The number of rotatable bonds is 3. The molecule has 4 nitrogen and oxygen atoms in total. The molecule has 1 aromatic heterocycles. The van der Waals surface area contributed by atoms with Crippen molar-refractivity contribution in [1.29, 1.82) is 0 Å². The van der Waals surface area contributed by atoms with Gasteiger partial charge in [0.25, 0.3) is 0 Å². The second-order valence-corrected chi connectivity index (χ2v) is 5.54. The molecule has 0 unspecified atom stereocenters. The topological polar surface area (TPSA) is 53.1 Å². The molecule has 0 amide bonds. The highest BCUT2D eigenvalue weighted by Crippen LogP contribution is 2.35. The van der Waals surface area contributed by atoms with Crippen molar-refractivity contribution in [2.75, 3.05) is 12.3 Å². The standard InChI is InChI=1S/C16H23N3O/c1-2-20-14-11-7-10-13-15(14)18-16(17)19(13)12-8-5-3-4-6-9-12/h7,10-12H,2-6,8-9H2,1H3,(H2,17,18). The number of nitrogens with zero attached hydrogens (tertiary/aromatic N) is 2. The quantitative estimate of drug-likeness (QED) is 0.862. The average molecular weight is 273 g/mol. The zero-order chi connectivity index (χ0) is 13.9. The average Bonchev–Trinajstić information content (AvgIpc) is 2.64. The lowest BCUT2D eigenvalue weighted by atomic mass is 10.1. The van der Waals surface area contributed by atoms with Crippen LogP contribution in [0.5, 0.6) is 5.75 Å². The molecule has 108 valence electrons. The van der Waals surface area contributed by atoms with Gasteiger partial charge in [-0.05, 0) is 31.9 Å². The molecule has 20 heavy (non-hydrogen) atoms. The van der Waals surface area contributed by atoms with Crippen molar-refractivity contribution in [3.8, 4) is 5.75 Å². The molecule has 1 aromatic carbocycles. The van der Waals surface area contributed by atoms with Crippen LogP contribution in [-0.2, 0) is 0 Å². The van der Waals surface area contributed by atoms with E-state index in [0.29, 0.717) is 18.6 Å². The van der Waals surface area contributed by atoms with Crippen molar-refractivity contribution >= 4 is 17.0 Å². The minimum Gasteiger partial charge on any atom is -0.492 e. The molecular formula is C16H23N3O. The van der Waals surface area contributed by atoms with E-state index < -0.39 is 0 Å². The van der Waals surface area contributed by atoms with E-state index >= 15 is 0 Å². The Hall–Kier alpha value is -1.71. The van der Waals surface area contributed by atoms with E-state index in [4.69, 9.17) is 10.5 Å². The van der Waals surface area contributed by atoms with Crippen molar-refractivity contribution in [3.05, 3.63) is 18.2 Å². The number of imidazole rings is 1. The van der Waals surface area contributed by atoms with E-state index in [1.807, 2.05) is 19.1 Å². The monoisotopic (exact) mass is 273 g/mol. The summed E-state index contributed by atoms with van der Waals surface area (Å²) in [6.07, 6.45) is 7.66. The molecule has 4 heteroatoms. The molecule has 0 bridgehead atoms. The van der Waals surface area contributed by atoms with Crippen LogP contribution in [0, 0.1) is 0 Å². The van der Waals surface area contributed by atoms with Gasteiger partial charge in [-0.15, -0.1) is 0 Å². The minimum atomic E-state index is 0.486. The molecule has 0 saturated heterocycles. The van der Waals surface area contributed by atoms with Crippen LogP contribution < -0.4 is 10.5 Å². The third kappa shape index (κ3) is 2.35. The van der Waals surface area contributed by atoms with Gasteiger partial charge in [-0.25, -0.2) is 4.98 Å². The van der Waals surface area contributed by atoms with Gasteiger partial charge in [-0.1, -0.05) is 31.7 Å². The van der Waals surface area contributed by atoms with E-state index in [2.05, 4.69) is 15.6 Å². The Bertz CT molecular complexity index is 583. The summed E-state index contributed by atoms with van der Waals surface area (Å²) in [5, 5.41) is 0. The molecule has 0 radical (unpaired) electrons. The lowest BCUT2D eigenvalue weighted by Gasteiger charge is -2.18. The summed E-state index contributed by atoms with van der Waals surface area (Å²) in [5.41, 5.74) is 8.21. The highest BCUT2D eigenvalue weighted by molar-refractivity contribution is 5.84. The molecular weight excluding hydrogens is 250 g/mol. The molecule has 1 heterocycles. The number of para-hydroxylation sites is 1. The van der Waals surface area contributed by atoms with Crippen LogP contribution in [-0.4, -0.2) is 16.2 Å². The smallest absolute Gasteiger partial charge is 0.201 e. The number of nitrogens with two attached hydrogens (primary N) is 1. The normalized spacial score (nSPS) is 17.2. The first-order valence-corrected chi connectivity index (χ1v) is 7.70. The molecule has 2 aromatic rings. The highest BCUT2D eigenvalue weighted by Gasteiger charge is 2.20. The van der Waals surface area contributed by atoms with Gasteiger partial charge in [-0.3, -0.25) is 0 Å². The van der Waals surface area contributed by atoms with Gasteiger partial charge in [0, 0.05) is 6.04 Å². The van der Waals surface area contributed by atoms with Crippen LogP contribution in [0.4, 0.5) is 5.95 Å². The van der Waals surface area contributed by atoms with E-state index in [1.54, 1.807) is 0 Å². The third-order valence-corrected chi connectivity index (χ3v) is 4.20. The van der Waals surface area contributed by atoms with Gasteiger partial charge in [0.15, 0.2) is 0 Å². The molecule has 1 aliphatic carbocycles. The fourth-order valence-electron chi connectivity index (χ4n) is 3.28. The van der Waals surface area contributed by atoms with Crippen LogP contribution >= 0.6 is 0 Å². The summed E-state index contributed by atoms with van der Waals surface area (Å²) in [4.78, 5) is 4.55. The summed E-state index contributed by atoms with van der Waals surface area (Å²) in [6, 6.07) is 6.59. The molecule has 0 spiro atoms. The molecule has 0 atom stereocenters. The van der Waals surface area contributed by atoms with Gasteiger partial charge in [0.05, 0.1) is 12.1 Å². The maximum Gasteiger partial charge on any atom is 0.201 e. The van der Waals surface area contributed by atoms with Crippen LogP contribution in [0.1, 0.15) is 51.5 Å². The number of aromatic nitrogens is 2. The largest absolute Gasteiger partial charge is 0.492 e. The Labute approximate surface area is 119 Å². The molecule has 3 rings (SSSR count). The Kier molecular flexibility index (Phi) is 3.81. The summed E-state index contributed by atoms with van der Waals surface area (Å²) in [6.45, 7) is 2.64. The molecule has 2 N–H and O–H groups in total. The maximum atomic E-state index is 6.20. The Morgan fingerprint density at radius 3 is 2.70 bits per heavy atom. The Balaban J connectivity index is 2.05. The first kappa shape index (κ1) is 13.3. The summed E-state index contributed by atoms with van der Waals surface area (Å²) >= 11 is 0. The number of anilines is 1. The SMILES string of the molecule is CCOc1cccc2c1nc(N)n2C1CCCCCC1. The van der Waals surface area contributed by atoms with Crippen molar-refractivity contribution in [3.63, 3.8) is 0 Å². The second kappa shape index (κ2) is 5.73. The number of benzene rings is 1. The van der Waals surface area contributed by atoms with Gasteiger partial charge in [0.2, 0.25) is 5.95 Å². The zero-order valence-electron chi connectivity index (χ0n) is 12.1. The molecule has 1 aliphatic rings. The molecule has 1 fully saturated rings. The zero-order valence-corrected chi connectivity index (χ0v) is 12.1. The highest BCUT2D eigenvalue weighted by atomic mass is 16.5. The lowest BCUT2D eigenvalue weighted by Crippen LogP contribution is -2.11. The van der Waals surface area contributed by atoms with E-state index in [-0.39, 0.29) is 0 Å². The van der Waals surface area contributed by atoms with Gasteiger partial charge in [0.1, 0.15) is 11.3 Å². The predicted octanol–water partition coefficient (Wildman–Crippen LogP) is 3.91. The fraction of sp³-hybridized carbons (Fsp3) is 0.562. The summed E-state index contributed by atoms with van der Waals surface area (Å²) < 4.78 is 7.89. The van der Waals surface area contributed by atoms with Gasteiger partial charge >= 0.3 is 0 Å². The minimum absolute atomic E-state index is 0.486. The van der Waals surface area contributed by atoms with Crippen molar-refractivity contribution in [2.24, 2.45) is 0 Å². The maximum absolute atomic E-state index is 6.20. The van der Waals surface area contributed by atoms with Crippen molar-refractivity contribution in [2.45, 2.75) is 51.5 Å². The summed E-state index contributed by atoms with van der Waals surface area (Å²) in [7, 11) is 0.